The van der Waals surface area contributed by atoms with Gasteiger partial charge in [-0.15, -0.1) is 0 Å². The third-order valence-corrected chi connectivity index (χ3v) is 2.26. The Balaban J connectivity index is 0.000000317. The maximum absolute atomic E-state index is 5.29. The second-order valence-electron chi connectivity index (χ2n) is 4.99. The highest BCUT2D eigenvalue weighted by molar-refractivity contribution is 5.46. The second kappa shape index (κ2) is 7.28. The molecule has 1 aliphatic heterocycles. The summed E-state index contributed by atoms with van der Waals surface area (Å²) < 4.78 is 5.29. The fourth-order valence-corrected chi connectivity index (χ4v) is 1.55. The average Bonchev–Trinajstić information content (AvgIpc) is 2.29. The summed E-state index contributed by atoms with van der Waals surface area (Å²) in [5.74, 6) is 0.833. The fraction of sp³-hybridized carbons (Fsp3) is 0.643. The molecule has 0 unspecified atom stereocenters. The van der Waals surface area contributed by atoms with Crippen LogP contribution in [0.1, 0.15) is 26.5 Å². The van der Waals surface area contributed by atoms with Gasteiger partial charge in [0.05, 0.1) is 13.2 Å². The minimum absolute atomic E-state index is 0.833. The summed E-state index contributed by atoms with van der Waals surface area (Å²) in [4.78, 5) is 6.51. The van der Waals surface area contributed by atoms with Crippen LogP contribution in [-0.4, -0.2) is 31.3 Å². The first-order chi connectivity index (χ1) is 8.09. The minimum Gasteiger partial charge on any atom is -0.378 e. The molecule has 1 aromatic heterocycles. The summed E-state index contributed by atoms with van der Waals surface area (Å²) in [7, 11) is 0. The molecule has 3 nitrogen and oxygen atoms in total. The monoisotopic (exact) mass is 236 g/mol. The van der Waals surface area contributed by atoms with Gasteiger partial charge in [0.2, 0.25) is 0 Å². The Hall–Kier alpha value is -1.09. The summed E-state index contributed by atoms with van der Waals surface area (Å²) in [5.41, 5.74) is 2.33. The predicted octanol–water partition coefficient (Wildman–Crippen LogP) is 2.89. The molecule has 1 fully saturated rings. The first kappa shape index (κ1) is 14.0. The quantitative estimate of drug-likeness (QED) is 0.749. The third kappa shape index (κ3) is 5.68. The van der Waals surface area contributed by atoms with E-state index in [4.69, 9.17) is 4.74 Å². The number of aryl methyl sites for hydroxylation is 1. The smallest absolute Gasteiger partial charge is 0.0642 e. The number of anilines is 1. The normalized spacial score (nSPS) is 15.5. The molecule has 17 heavy (non-hydrogen) atoms. The van der Waals surface area contributed by atoms with Crippen LogP contribution in [0.25, 0.3) is 0 Å². The summed E-state index contributed by atoms with van der Waals surface area (Å²) in [6.45, 7) is 12.2. The van der Waals surface area contributed by atoms with E-state index in [2.05, 4.69) is 42.8 Å². The molecule has 0 aromatic carbocycles. The van der Waals surface area contributed by atoms with Crippen molar-refractivity contribution in [3.8, 4) is 0 Å². The number of morpholine rings is 1. The van der Waals surface area contributed by atoms with E-state index in [1.165, 1.54) is 5.69 Å². The molecule has 0 atom stereocenters. The first-order valence-electron chi connectivity index (χ1n) is 6.35. The molecule has 2 rings (SSSR count). The van der Waals surface area contributed by atoms with Crippen LogP contribution in [0.3, 0.4) is 0 Å². The minimum atomic E-state index is 0.833. The molecule has 0 aliphatic carbocycles. The predicted molar refractivity (Wildman–Crippen MR) is 72.5 cm³/mol. The van der Waals surface area contributed by atoms with Gasteiger partial charge in [-0.25, -0.2) is 0 Å². The standard InChI is InChI=1S/C10H14N2O.C4H10/c1-9-8-10(2-3-11-9)12-4-6-13-7-5-12;1-4(2)3/h2-3,8H,4-7H2,1H3;4H,1-3H3. The first-order valence-corrected chi connectivity index (χ1v) is 6.35. The van der Waals surface area contributed by atoms with Crippen molar-refractivity contribution in [2.45, 2.75) is 27.7 Å². The van der Waals surface area contributed by atoms with Gasteiger partial charge in [-0.2, -0.15) is 0 Å². The molecule has 0 bridgehead atoms. The molecule has 0 saturated carbocycles. The van der Waals surface area contributed by atoms with Gasteiger partial charge in [-0.1, -0.05) is 20.8 Å². The van der Waals surface area contributed by atoms with Gasteiger partial charge in [0, 0.05) is 30.7 Å². The van der Waals surface area contributed by atoms with Crippen molar-refractivity contribution in [2.75, 3.05) is 31.2 Å². The third-order valence-electron chi connectivity index (χ3n) is 2.26. The molecule has 0 N–H and O–H groups in total. The largest absolute Gasteiger partial charge is 0.378 e. The molecule has 1 aromatic rings. The van der Waals surface area contributed by atoms with Crippen LogP contribution in [0, 0.1) is 12.8 Å². The Labute approximate surface area is 105 Å². The molecule has 0 radical (unpaired) electrons. The molecule has 0 amide bonds. The number of rotatable bonds is 1. The van der Waals surface area contributed by atoms with Crippen molar-refractivity contribution in [1.29, 1.82) is 0 Å². The highest BCUT2D eigenvalue weighted by atomic mass is 16.5. The van der Waals surface area contributed by atoms with E-state index in [0.29, 0.717) is 0 Å². The fourth-order valence-electron chi connectivity index (χ4n) is 1.55. The lowest BCUT2D eigenvalue weighted by Crippen LogP contribution is -2.36. The lowest BCUT2D eigenvalue weighted by Gasteiger charge is -2.28. The van der Waals surface area contributed by atoms with Gasteiger partial charge >= 0.3 is 0 Å². The Morgan fingerprint density at radius 3 is 2.35 bits per heavy atom. The van der Waals surface area contributed by atoms with Crippen LogP contribution >= 0.6 is 0 Å². The van der Waals surface area contributed by atoms with Crippen molar-refractivity contribution in [3.05, 3.63) is 24.0 Å². The van der Waals surface area contributed by atoms with Crippen molar-refractivity contribution in [2.24, 2.45) is 5.92 Å². The number of pyridine rings is 1. The number of hydrogen-bond donors (Lipinski definition) is 0. The highest BCUT2D eigenvalue weighted by Gasteiger charge is 2.10. The summed E-state index contributed by atoms with van der Waals surface area (Å²) in [6, 6.07) is 4.17. The van der Waals surface area contributed by atoms with Gasteiger partial charge in [0.15, 0.2) is 0 Å². The molecular formula is C14H24N2O. The van der Waals surface area contributed by atoms with E-state index >= 15 is 0 Å². The average molecular weight is 236 g/mol. The van der Waals surface area contributed by atoms with Crippen molar-refractivity contribution in [3.63, 3.8) is 0 Å². The maximum atomic E-state index is 5.29. The molecule has 96 valence electrons. The van der Waals surface area contributed by atoms with Crippen LogP contribution in [0.5, 0.6) is 0 Å². The molecule has 1 aliphatic rings. The molecule has 3 heteroatoms. The van der Waals surface area contributed by atoms with E-state index < -0.39 is 0 Å². The Morgan fingerprint density at radius 1 is 1.24 bits per heavy atom. The number of aromatic nitrogens is 1. The van der Waals surface area contributed by atoms with Crippen LogP contribution in [0.2, 0.25) is 0 Å². The highest BCUT2D eigenvalue weighted by Crippen LogP contribution is 2.15. The van der Waals surface area contributed by atoms with E-state index in [0.717, 1.165) is 37.9 Å². The molecule has 2 heterocycles. The summed E-state index contributed by atoms with van der Waals surface area (Å²) in [5, 5.41) is 0. The Kier molecular flexibility index (Phi) is 5.98. The van der Waals surface area contributed by atoms with Gasteiger partial charge in [-0.05, 0) is 25.0 Å². The van der Waals surface area contributed by atoms with E-state index in [-0.39, 0.29) is 0 Å². The van der Waals surface area contributed by atoms with Crippen molar-refractivity contribution < 1.29 is 4.74 Å². The zero-order valence-corrected chi connectivity index (χ0v) is 11.4. The Morgan fingerprint density at radius 2 is 1.82 bits per heavy atom. The molecular weight excluding hydrogens is 212 g/mol. The van der Waals surface area contributed by atoms with Crippen LogP contribution in [-0.2, 0) is 4.74 Å². The number of nitrogens with zero attached hydrogens (tertiary/aromatic N) is 2. The van der Waals surface area contributed by atoms with Crippen molar-refractivity contribution >= 4 is 5.69 Å². The zero-order chi connectivity index (χ0) is 12.7. The van der Waals surface area contributed by atoms with Crippen LogP contribution in [0.4, 0.5) is 5.69 Å². The molecule has 1 saturated heterocycles. The van der Waals surface area contributed by atoms with Gasteiger partial charge in [0.1, 0.15) is 0 Å². The number of hydrogen-bond acceptors (Lipinski definition) is 3. The summed E-state index contributed by atoms with van der Waals surface area (Å²) >= 11 is 0. The summed E-state index contributed by atoms with van der Waals surface area (Å²) in [6.07, 6.45) is 1.86. The SMILES string of the molecule is CC(C)C.Cc1cc(N2CCOCC2)ccn1. The van der Waals surface area contributed by atoms with E-state index in [1.807, 2.05) is 13.1 Å². The van der Waals surface area contributed by atoms with Crippen molar-refractivity contribution in [1.82, 2.24) is 4.98 Å². The van der Waals surface area contributed by atoms with E-state index in [9.17, 15) is 0 Å². The van der Waals surface area contributed by atoms with Crippen LogP contribution in [0.15, 0.2) is 18.3 Å². The van der Waals surface area contributed by atoms with Gasteiger partial charge in [0.25, 0.3) is 0 Å². The van der Waals surface area contributed by atoms with Gasteiger partial charge in [-0.3, -0.25) is 4.98 Å². The second-order valence-corrected chi connectivity index (χ2v) is 4.99. The van der Waals surface area contributed by atoms with Crippen LogP contribution < -0.4 is 4.90 Å². The number of ether oxygens (including phenoxy) is 1. The van der Waals surface area contributed by atoms with E-state index in [1.54, 1.807) is 0 Å². The molecule has 0 spiro atoms. The lowest BCUT2D eigenvalue weighted by atomic mass is 10.3. The van der Waals surface area contributed by atoms with Gasteiger partial charge < -0.3 is 9.64 Å². The maximum Gasteiger partial charge on any atom is 0.0642 e. The Bertz CT molecular complexity index is 317. The lowest BCUT2D eigenvalue weighted by molar-refractivity contribution is 0.122. The zero-order valence-electron chi connectivity index (χ0n) is 11.4. The topological polar surface area (TPSA) is 25.4 Å².